The van der Waals surface area contributed by atoms with Gasteiger partial charge in [0.15, 0.2) is 0 Å². The summed E-state index contributed by atoms with van der Waals surface area (Å²) in [7, 11) is 0. The zero-order chi connectivity index (χ0) is 9.26. The van der Waals surface area contributed by atoms with Crippen molar-refractivity contribution in [3.63, 3.8) is 0 Å². The van der Waals surface area contributed by atoms with Crippen molar-refractivity contribution in [3.8, 4) is 0 Å². The maximum atomic E-state index is 11.5. The first-order valence-corrected chi connectivity index (χ1v) is 4.66. The molecule has 0 saturated carbocycles. The summed E-state index contributed by atoms with van der Waals surface area (Å²) in [5.41, 5.74) is 1.83. The first-order chi connectivity index (χ1) is 6.33. The van der Waals surface area contributed by atoms with Crippen molar-refractivity contribution in [3.05, 3.63) is 17.5 Å². The molecule has 0 aromatic carbocycles. The van der Waals surface area contributed by atoms with Crippen LogP contribution in [0.5, 0.6) is 0 Å². The Bertz CT molecular complexity index is 330. The van der Waals surface area contributed by atoms with E-state index in [9.17, 15) is 4.79 Å². The second kappa shape index (κ2) is 3.20. The molecule has 2 rings (SSSR count). The fourth-order valence-electron chi connectivity index (χ4n) is 1.67. The van der Waals surface area contributed by atoms with Crippen LogP contribution in [0.1, 0.15) is 29.4 Å². The number of nitrogens with zero attached hydrogens (tertiary/aromatic N) is 2. The smallest absolute Gasteiger partial charge is 0.269 e. The topological polar surface area (TPSA) is 46.9 Å². The fourth-order valence-corrected chi connectivity index (χ4v) is 1.67. The van der Waals surface area contributed by atoms with Crippen LogP contribution >= 0.6 is 0 Å². The van der Waals surface area contributed by atoms with Crippen LogP contribution in [0, 0.1) is 0 Å². The van der Waals surface area contributed by atoms with Crippen LogP contribution in [0.2, 0.25) is 0 Å². The molecule has 0 aliphatic carbocycles. The standard InChI is InChI=1S/C9H13N3O/c1-2-3-7-6-11-12-5-4-10-9(13)8(7)12/h6H,2-5H2,1H3,(H,10,13). The summed E-state index contributed by atoms with van der Waals surface area (Å²) in [6, 6.07) is 0. The van der Waals surface area contributed by atoms with Gasteiger partial charge in [-0.05, 0) is 6.42 Å². The lowest BCUT2D eigenvalue weighted by molar-refractivity contribution is 0.0923. The third-order valence-electron chi connectivity index (χ3n) is 2.26. The first-order valence-electron chi connectivity index (χ1n) is 4.66. The molecule has 2 heterocycles. The summed E-state index contributed by atoms with van der Waals surface area (Å²) in [5.74, 6) is 0.0206. The molecule has 0 fully saturated rings. The van der Waals surface area contributed by atoms with Gasteiger partial charge in [0.2, 0.25) is 0 Å². The number of fused-ring (bicyclic) bond motifs is 1. The molecule has 70 valence electrons. The molecule has 1 amide bonds. The van der Waals surface area contributed by atoms with Gasteiger partial charge in [-0.1, -0.05) is 13.3 Å². The Labute approximate surface area is 76.9 Å². The van der Waals surface area contributed by atoms with E-state index < -0.39 is 0 Å². The van der Waals surface area contributed by atoms with E-state index >= 15 is 0 Å². The Morgan fingerprint density at radius 2 is 2.54 bits per heavy atom. The van der Waals surface area contributed by atoms with E-state index in [0.29, 0.717) is 6.54 Å². The van der Waals surface area contributed by atoms with Crippen LogP contribution in [0.15, 0.2) is 6.20 Å². The van der Waals surface area contributed by atoms with Gasteiger partial charge in [-0.15, -0.1) is 0 Å². The lowest BCUT2D eigenvalue weighted by Gasteiger charge is -2.15. The predicted molar refractivity (Wildman–Crippen MR) is 48.6 cm³/mol. The molecule has 4 heteroatoms. The van der Waals surface area contributed by atoms with Crippen LogP contribution in [-0.2, 0) is 13.0 Å². The van der Waals surface area contributed by atoms with Crippen LogP contribution < -0.4 is 5.32 Å². The molecule has 0 radical (unpaired) electrons. The minimum atomic E-state index is 0.0206. The number of carbonyl (C=O) groups is 1. The van der Waals surface area contributed by atoms with Crippen LogP contribution in [0.4, 0.5) is 0 Å². The highest BCUT2D eigenvalue weighted by Gasteiger charge is 2.20. The van der Waals surface area contributed by atoms with Crippen molar-refractivity contribution >= 4 is 5.91 Å². The number of carbonyl (C=O) groups excluding carboxylic acids is 1. The average Bonchev–Trinajstić information content (AvgIpc) is 2.51. The minimum absolute atomic E-state index is 0.0206. The number of nitrogens with one attached hydrogen (secondary N) is 1. The van der Waals surface area contributed by atoms with Crippen LogP contribution in [0.3, 0.4) is 0 Å². The first kappa shape index (κ1) is 8.29. The molecule has 0 saturated heterocycles. The van der Waals surface area contributed by atoms with Crippen molar-refractivity contribution in [2.24, 2.45) is 0 Å². The number of hydrogen-bond donors (Lipinski definition) is 1. The molecule has 0 spiro atoms. The highest BCUT2D eigenvalue weighted by Crippen LogP contribution is 2.12. The molecule has 0 atom stereocenters. The SMILES string of the molecule is CCCc1cnn2c1C(=O)NCC2. The Kier molecular flexibility index (Phi) is 2.04. The molecule has 1 aromatic heterocycles. The summed E-state index contributed by atoms with van der Waals surface area (Å²) in [6.45, 7) is 3.59. The summed E-state index contributed by atoms with van der Waals surface area (Å²) >= 11 is 0. The third-order valence-corrected chi connectivity index (χ3v) is 2.26. The van der Waals surface area contributed by atoms with E-state index in [1.54, 1.807) is 4.68 Å². The van der Waals surface area contributed by atoms with Gasteiger partial charge in [0.05, 0.1) is 12.7 Å². The van der Waals surface area contributed by atoms with Gasteiger partial charge in [-0.3, -0.25) is 9.48 Å². The molecule has 1 N–H and O–H groups in total. The van der Waals surface area contributed by atoms with E-state index in [-0.39, 0.29) is 5.91 Å². The minimum Gasteiger partial charge on any atom is -0.349 e. The Balaban J connectivity index is 2.38. The Hall–Kier alpha value is -1.32. The monoisotopic (exact) mass is 179 g/mol. The molecule has 1 aromatic rings. The average molecular weight is 179 g/mol. The maximum Gasteiger partial charge on any atom is 0.269 e. The summed E-state index contributed by atoms with van der Waals surface area (Å²) in [5, 5.41) is 7.00. The highest BCUT2D eigenvalue weighted by molar-refractivity contribution is 5.94. The van der Waals surface area contributed by atoms with Crippen molar-refractivity contribution in [2.75, 3.05) is 6.54 Å². The molecule has 13 heavy (non-hydrogen) atoms. The fraction of sp³-hybridized carbons (Fsp3) is 0.556. The molecule has 1 aliphatic heterocycles. The van der Waals surface area contributed by atoms with E-state index in [1.165, 1.54) is 0 Å². The quantitative estimate of drug-likeness (QED) is 0.721. The van der Waals surface area contributed by atoms with Gasteiger partial charge in [0.1, 0.15) is 5.69 Å². The van der Waals surface area contributed by atoms with E-state index in [4.69, 9.17) is 0 Å². The van der Waals surface area contributed by atoms with Crippen molar-refractivity contribution in [2.45, 2.75) is 26.3 Å². The second-order valence-electron chi connectivity index (χ2n) is 3.25. The van der Waals surface area contributed by atoms with Gasteiger partial charge in [-0.25, -0.2) is 0 Å². The van der Waals surface area contributed by atoms with Gasteiger partial charge in [-0.2, -0.15) is 5.10 Å². The lowest BCUT2D eigenvalue weighted by atomic mass is 10.1. The number of aromatic nitrogens is 2. The van der Waals surface area contributed by atoms with Crippen molar-refractivity contribution in [1.82, 2.24) is 15.1 Å². The number of aryl methyl sites for hydroxylation is 1. The van der Waals surface area contributed by atoms with Gasteiger partial charge in [0.25, 0.3) is 5.91 Å². The Morgan fingerprint density at radius 1 is 1.69 bits per heavy atom. The molecular weight excluding hydrogens is 166 g/mol. The number of rotatable bonds is 2. The normalized spacial score (nSPS) is 15.3. The third kappa shape index (κ3) is 1.32. The van der Waals surface area contributed by atoms with Crippen LogP contribution in [0.25, 0.3) is 0 Å². The van der Waals surface area contributed by atoms with Gasteiger partial charge in [0, 0.05) is 12.1 Å². The van der Waals surface area contributed by atoms with E-state index in [0.717, 1.165) is 30.6 Å². The van der Waals surface area contributed by atoms with Crippen molar-refractivity contribution in [1.29, 1.82) is 0 Å². The molecular formula is C9H13N3O. The zero-order valence-electron chi connectivity index (χ0n) is 7.71. The maximum absolute atomic E-state index is 11.5. The van der Waals surface area contributed by atoms with E-state index in [2.05, 4.69) is 17.3 Å². The molecule has 0 bridgehead atoms. The number of amides is 1. The van der Waals surface area contributed by atoms with Crippen molar-refractivity contribution < 1.29 is 4.79 Å². The summed E-state index contributed by atoms with van der Waals surface area (Å²) in [4.78, 5) is 11.5. The lowest BCUT2D eigenvalue weighted by Crippen LogP contribution is -2.36. The second-order valence-corrected chi connectivity index (χ2v) is 3.25. The highest BCUT2D eigenvalue weighted by atomic mass is 16.2. The molecule has 4 nitrogen and oxygen atoms in total. The number of hydrogen-bond acceptors (Lipinski definition) is 2. The Morgan fingerprint density at radius 3 is 3.31 bits per heavy atom. The van der Waals surface area contributed by atoms with Crippen LogP contribution in [-0.4, -0.2) is 22.2 Å². The van der Waals surface area contributed by atoms with Gasteiger partial charge >= 0.3 is 0 Å². The predicted octanol–water partition coefficient (Wildman–Crippen LogP) is 0.579. The van der Waals surface area contributed by atoms with E-state index in [1.807, 2.05) is 6.20 Å². The zero-order valence-corrected chi connectivity index (χ0v) is 7.71. The summed E-state index contributed by atoms with van der Waals surface area (Å²) in [6.07, 6.45) is 3.79. The molecule has 1 aliphatic rings. The summed E-state index contributed by atoms with van der Waals surface area (Å²) < 4.78 is 1.80. The largest absolute Gasteiger partial charge is 0.349 e. The van der Waals surface area contributed by atoms with Gasteiger partial charge < -0.3 is 5.32 Å². The molecule has 0 unspecified atom stereocenters.